The molecule has 32 heavy (non-hydrogen) atoms. The summed E-state index contributed by atoms with van der Waals surface area (Å²) in [6.45, 7) is 6.56. The van der Waals surface area contributed by atoms with Crippen LogP contribution in [0.1, 0.15) is 29.0 Å². The van der Waals surface area contributed by atoms with Gasteiger partial charge in [-0.05, 0) is 31.5 Å². The minimum absolute atomic E-state index is 0.0425. The number of aromatic amines is 1. The summed E-state index contributed by atoms with van der Waals surface area (Å²) in [4.78, 5) is 41.4. The van der Waals surface area contributed by atoms with E-state index in [1.165, 1.54) is 17.3 Å². The van der Waals surface area contributed by atoms with Gasteiger partial charge in [0, 0.05) is 48.9 Å². The van der Waals surface area contributed by atoms with Crippen LogP contribution >= 0.6 is 11.8 Å². The molecule has 1 saturated heterocycles. The van der Waals surface area contributed by atoms with Crippen LogP contribution in [0.4, 0.5) is 5.82 Å². The number of aryl methyl sites for hydroxylation is 1. The fraction of sp³-hybridized carbons (Fsp3) is 0.333. The molecule has 166 valence electrons. The highest BCUT2D eigenvalue weighted by atomic mass is 32.2. The van der Waals surface area contributed by atoms with E-state index in [4.69, 9.17) is 0 Å². The molecular weight excluding hydrogens is 422 g/mol. The predicted molar refractivity (Wildman–Crippen MR) is 127 cm³/mol. The van der Waals surface area contributed by atoms with E-state index < -0.39 is 0 Å². The number of rotatable bonds is 6. The SMILES string of the molecule is Cc1nc(SC(C)c2ccccc2)[nH]c(=O)c1CC(=O)N1CCN(c2ccccn2)CC1. The van der Waals surface area contributed by atoms with E-state index in [2.05, 4.69) is 38.9 Å². The van der Waals surface area contributed by atoms with Crippen molar-refractivity contribution in [3.63, 3.8) is 0 Å². The lowest BCUT2D eigenvalue weighted by Crippen LogP contribution is -2.49. The van der Waals surface area contributed by atoms with E-state index >= 15 is 0 Å². The zero-order valence-electron chi connectivity index (χ0n) is 18.3. The molecule has 3 heterocycles. The van der Waals surface area contributed by atoms with Gasteiger partial charge in [0.2, 0.25) is 5.91 Å². The number of nitrogens with one attached hydrogen (secondary N) is 1. The van der Waals surface area contributed by atoms with Gasteiger partial charge >= 0.3 is 0 Å². The number of aromatic nitrogens is 3. The molecule has 0 saturated carbocycles. The summed E-state index contributed by atoms with van der Waals surface area (Å²) in [6.07, 6.45) is 1.84. The number of amides is 1. The molecule has 1 fully saturated rings. The summed E-state index contributed by atoms with van der Waals surface area (Å²) in [5.41, 5.74) is 1.98. The van der Waals surface area contributed by atoms with Gasteiger partial charge in [-0.1, -0.05) is 48.2 Å². The van der Waals surface area contributed by atoms with Crippen molar-refractivity contribution in [2.24, 2.45) is 0 Å². The number of anilines is 1. The molecule has 1 aliphatic heterocycles. The molecule has 2 aromatic heterocycles. The lowest BCUT2D eigenvalue weighted by Gasteiger charge is -2.35. The van der Waals surface area contributed by atoms with Gasteiger partial charge in [-0.2, -0.15) is 0 Å². The quantitative estimate of drug-likeness (QED) is 0.460. The van der Waals surface area contributed by atoms with Crippen LogP contribution in [-0.2, 0) is 11.2 Å². The highest BCUT2D eigenvalue weighted by Crippen LogP contribution is 2.32. The number of H-pyrrole nitrogens is 1. The third-order valence-corrected chi connectivity index (χ3v) is 6.73. The minimum Gasteiger partial charge on any atom is -0.353 e. The zero-order valence-corrected chi connectivity index (χ0v) is 19.1. The number of piperazine rings is 1. The Bertz CT molecular complexity index is 1110. The van der Waals surface area contributed by atoms with E-state index in [0.717, 1.165) is 18.9 Å². The van der Waals surface area contributed by atoms with Crippen LogP contribution < -0.4 is 10.5 Å². The minimum atomic E-state index is -0.235. The Morgan fingerprint density at radius 3 is 2.47 bits per heavy atom. The largest absolute Gasteiger partial charge is 0.353 e. The molecule has 3 aromatic rings. The highest BCUT2D eigenvalue weighted by molar-refractivity contribution is 7.99. The van der Waals surface area contributed by atoms with Crippen LogP contribution in [0.2, 0.25) is 0 Å². The van der Waals surface area contributed by atoms with E-state index in [1.54, 1.807) is 13.1 Å². The fourth-order valence-electron chi connectivity index (χ4n) is 3.80. The van der Waals surface area contributed by atoms with Gasteiger partial charge in [-0.15, -0.1) is 0 Å². The van der Waals surface area contributed by atoms with Crippen LogP contribution in [0.5, 0.6) is 0 Å². The first-order valence-electron chi connectivity index (χ1n) is 10.8. The third-order valence-electron chi connectivity index (χ3n) is 5.69. The van der Waals surface area contributed by atoms with Crippen LogP contribution in [0.25, 0.3) is 0 Å². The van der Waals surface area contributed by atoms with E-state index in [-0.39, 0.29) is 23.1 Å². The molecule has 1 unspecified atom stereocenters. The maximum atomic E-state index is 12.9. The Balaban J connectivity index is 1.38. The number of hydrogen-bond acceptors (Lipinski definition) is 6. The van der Waals surface area contributed by atoms with Gasteiger partial charge in [0.15, 0.2) is 5.16 Å². The molecule has 1 atom stereocenters. The molecule has 7 nitrogen and oxygen atoms in total. The molecule has 4 rings (SSSR count). The van der Waals surface area contributed by atoms with Crippen LogP contribution in [0.3, 0.4) is 0 Å². The second-order valence-electron chi connectivity index (χ2n) is 7.84. The van der Waals surface area contributed by atoms with E-state index in [0.29, 0.717) is 29.5 Å². The molecule has 1 N–H and O–H groups in total. The number of thioether (sulfide) groups is 1. The molecule has 1 aliphatic rings. The second kappa shape index (κ2) is 9.99. The Kier molecular flexibility index (Phi) is 6.90. The molecule has 1 aromatic carbocycles. The Morgan fingerprint density at radius 2 is 1.81 bits per heavy atom. The van der Waals surface area contributed by atoms with Crippen molar-refractivity contribution in [2.75, 3.05) is 31.1 Å². The molecule has 0 spiro atoms. The first kappa shape index (κ1) is 22.1. The van der Waals surface area contributed by atoms with Crippen LogP contribution in [0.15, 0.2) is 64.7 Å². The molecule has 8 heteroatoms. The average Bonchev–Trinajstić information content (AvgIpc) is 2.82. The van der Waals surface area contributed by atoms with Gasteiger partial charge in [0.25, 0.3) is 5.56 Å². The van der Waals surface area contributed by atoms with Gasteiger partial charge in [0.1, 0.15) is 5.82 Å². The van der Waals surface area contributed by atoms with Crippen molar-refractivity contribution in [1.82, 2.24) is 19.9 Å². The van der Waals surface area contributed by atoms with E-state index in [9.17, 15) is 9.59 Å². The summed E-state index contributed by atoms with van der Waals surface area (Å²) < 4.78 is 0. The lowest BCUT2D eigenvalue weighted by atomic mass is 10.1. The van der Waals surface area contributed by atoms with Crippen LogP contribution in [0, 0.1) is 6.92 Å². The van der Waals surface area contributed by atoms with Gasteiger partial charge in [-0.25, -0.2) is 9.97 Å². The molecular formula is C24H27N5O2S. The molecule has 0 bridgehead atoms. The highest BCUT2D eigenvalue weighted by Gasteiger charge is 2.23. The number of pyridine rings is 1. The molecule has 1 amide bonds. The van der Waals surface area contributed by atoms with Crippen LogP contribution in [-0.4, -0.2) is 51.9 Å². The van der Waals surface area contributed by atoms with Gasteiger partial charge < -0.3 is 14.8 Å². The maximum absolute atomic E-state index is 12.9. The monoisotopic (exact) mass is 449 g/mol. The molecule has 0 aliphatic carbocycles. The number of carbonyl (C=O) groups is 1. The predicted octanol–water partition coefficient (Wildman–Crippen LogP) is 3.22. The third kappa shape index (κ3) is 5.19. The van der Waals surface area contributed by atoms with Crippen molar-refractivity contribution < 1.29 is 4.79 Å². The summed E-state index contributed by atoms with van der Waals surface area (Å²) in [6, 6.07) is 15.9. The van der Waals surface area contributed by atoms with Crippen molar-refractivity contribution >= 4 is 23.5 Å². The van der Waals surface area contributed by atoms with Crippen molar-refractivity contribution in [1.29, 1.82) is 0 Å². The first-order chi connectivity index (χ1) is 15.5. The topological polar surface area (TPSA) is 82.2 Å². The van der Waals surface area contributed by atoms with Gasteiger partial charge in [0.05, 0.1) is 6.42 Å². The lowest BCUT2D eigenvalue weighted by molar-refractivity contribution is -0.130. The summed E-state index contributed by atoms with van der Waals surface area (Å²) in [7, 11) is 0. The Morgan fingerprint density at radius 1 is 1.09 bits per heavy atom. The number of benzene rings is 1. The maximum Gasteiger partial charge on any atom is 0.255 e. The summed E-state index contributed by atoms with van der Waals surface area (Å²) in [5, 5.41) is 0.727. The first-order valence-corrected chi connectivity index (χ1v) is 11.6. The Labute approximate surface area is 191 Å². The normalized spacial score (nSPS) is 14.9. The standard InChI is InChI=1S/C24H27N5O2S/c1-17-20(23(31)27-24(26-17)32-18(2)19-8-4-3-5-9-19)16-22(30)29-14-12-28(13-15-29)21-10-6-7-11-25-21/h3-11,18H,12-16H2,1-2H3,(H,26,27,31). The van der Waals surface area contributed by atoms with Crippen molar-refractivity contribution in [3.05, 3.63) is 81.9 Å². The van der Waals surface area contributed by atoms with Crippen molar-refractivity contribution in [3.8, 4) is 0 Å². The van der Waals surface area contributed by atoms with Crippen molar-refractivity contribution in [2.45, 2.75) is 30.7 Å². The number of hydrogen-bond donors (Lipinski definition) is 1. The average molecular weight is 450 g/mol. The number of carbonyl (C=O) groups excluding carboxylic acids is 1. The number of nitrogens with zero attached hydrogens (tertiary/aromatic N) is 4. The second-order valence-corrected chi connectivity index (χ2v) is 9.17. The van der Waals surface area contributed by atoms with E-state index in [1.807, 2.05) is 41.3 Å². The Hall–Kier alpha value is -3.13. The van der Waals surface area contributed by atoms with Gasteiger partial charge in [-0.3, -0.25) is 9.59 Å². The zero-order chi connectivity index (χ0) is 22.5. The summed E-state index contributed by atoms with van der Waals surface area (Å²) in [5.74, 6) is 0.882. The summed E-state index contributed by atoms with van der Waals surface area (Å²) >= 11 is 1.51. The molecule has 0 radical (unpaired) electrons. The fourth-order valence-corrected chi connectivity index (χ4v) is 4.77. The smallest absolute Gasteiger partial charge is 0.255 e.